The average Bonchev–Trinajstić information content (AvgIpc) is 2.39. The van der Waals surface area contributed by atoms with Crippen LogP contribution in [0.2, 0.25) is 5.02 Å². The van der Waals surface area contributed by atoms with E-state index in [2.05, 4.69) is 5.32 Å². The van der Waals surface area contributed by atoms with Gasteiger partial charge in [0.25, 0.3) is 0 Å². The van der Waals surface area contributed by atoms with E-state index in [0.717, 1.165) is 6.42 Å². The molecule has 6 heteroatoms. The van der Waals surface area contributed by atoms with E-state index in [1.807, 2.05) is 6.92 Å². The summed E-state index contributed by atoms with van der Waals surface area (Å²) >= 11 is 5.62. The van der Waals surface area contributed by atoms with Gasteiger partial charge < -0.3 is 10.2 Å². The Morgan fingerprint density at radius 2 is 2.20 bits per heavy atom. The minimum atomic E-state index is -0.525. The lowest BCUT2D eigenvalue weighted by atomic mass is 10.1. The van der Waals surface area contributed by atoms with Crippen molar-refractivity contribution >= 4 is 23.4 Å². The molecule has 2 amide bonds. The first-order chi connectivity index (χ1) is 9.51. The van der Waals surface area contributed by atoms with Crippen LogP contribution in [0.5, 0.6) is 0 Å². The third-order valence-electron chi connectivity index (χ3n) is 3.21. The number of carbonyl (C=O) groups is 2. The molecule has 1 saturated heterocycles. The summed E-state index contributed by atoms with van der Waals surface area (Å²) in [6, 6.07) is 3.92. The Balaban J connectivity index is 2.12. The Bertz CT molecular complexity index is 536. The van der Waals surface area contributed by atoms with Gasteiger partial charge in [0, 0.05) is 6.54 Å². The van der Waals surface area contributed by atoms with Crippen molar-refractivity contribution < 1.29 is 14.0 Å². The molecule has 20 heavy (non-hydrogen) atoms. The molecule has 1 N–H and O–H groups in total. The Hall–Kier alpha value is -1.62. The van der Waals surface area contributed by atoms with E-state index in [-0.39, 0.29) is 29.9 Å². The summed E-state index contributed by atoms with van der Waals surface area (Å²) in [5, 5.41) is 2.72. The van der Waals surface area contributed by atoms with E-state index in [9.17, 15) is 14.0 Å². The maximum absolute atomic E-state index is 13.4. The van der Waals surface area contributed by atoms with Gasteiger partial charge in [0.2, 0.25) is 11.8 Å². The monoisotopic (exact) mass is 298 g/mol. The minimum absolute atomic E-state index is 0.00327. The van der Waals surface area contributed by atoms with Gasteiger partial charge >= 0.3 is 0 Å². The predicted octanol–water partition coefficient (Wildman–Crippen LogP) is 2.11. The first kappa shape index (κ1) is 14.8. The van der Waals surface area contributed by atoms with Gasteiger partial charge in [0.15, 0.2) is 0 Å². The summed E-state index contributed by atoms with van der Waals surface area (Å²) in [6.07, 6.45) is 1.41. The van der Waals surface area contributed by atoms with Crippen molar-refractivity contribution in [3.05, 3.63) is 34.6 Å². The molecule has 0 radical (unpaired) electrons. The second kappa shape index (κ2) is 6.22. The molecular weight excluding hydrogens is 283 g/mol. The Labute approximate surface area is 121 Å². The number of nitrogens with one attached hydrogen (secondary N) is 1. The van der Waals surface area contributed by atoms with Gasteiger partial charge in [-0.1, -0.05) is 31.0 Å². The van der Waals surface area contributed by atoms with Crippen molar-refractivity contribution in [3.63, 3.8) is 0 Å². The molecule has 0 bridgehead atoms. The molecule has 108 valence electrons. The molecule has 0 aromatic heterocycles. The van der Waals surface area contributed by atoms with E-state index in [0.29, 0.717) is 12.0 Å². The van der Waals surface area contributed by atoms with Crippen molar-refractivity contribution in [1.82, 2.24) is 10.2 Å². The quantitative estimate of drug-likeness (QED) is 0.925. The lowest BCUT2D eigenvalue weighted by molar-refractivity contribution is -0.145. The molecule has 2 rings (SSSR count). The molecule has 4 nitrogen and oxygen atoms in total. The molecule has 1 atom stereocenters. The minimum Gasteiger partial charge on any atom is -0.343 e. The average molecular weight is 299 g/mol. The molecule has 1 aromatic carbocycles. The van der Waals surface area contributed by atoms with E-state index in [4.69, 9.17) is 11.6 Å². The molecular formula is C14H16ClFN2O2. The highest BCUT2D eigenvalue weighted by Gasteiger charge is 2.31. The number of carbonyl (C=O) groups excluding carboxylic acids is 2. The highest BCUT2D eigenvalue weighted by molar-refractivity contribution is 6.30. The number of rotatable bonds is 4. The number of piperazine rings is 1. The van der Waals surface area contributed by atoms with Gasteiger partial charge in [-0.05, 0) is 24.1 Å². The van der Waals surface area contributed by atoms with Crippen LogP contribution in [0.25, 0.3) is 0 Å². The largest absolute Gasteiger partial charge is 0.343 e. The summed E-state index contributed by atoms with van der Waals surface area (Å²) in [5.74, 6) is -0.831. The number of hydrogen-bond acceptors (Lipinski definition) is 2. The second-order valence-electron chi connectivity index (χ2n) is 4.85. The maximum Gasteiger partial charge on any atom is 0.245 e. The lowest BCUT2D eigenvalue weighted by Gasteiger charge is -2.32. The number of amides is 2. The number of benzene rings is 1. The molecule has 0 aliphatic carbocycles. The molecule has 0 saturated carbocycles. The Kier molecular flexibility index (Phi) is 4.60. The molecule has 1 aliphatic heterocycles. The summed E-state index contributed by atoms with van der Waals surface area (Å²) in [6.45, 7) is 2.16. The van der Waals surface area contributed by atoms with Crippen LogP contribution < -0.4 is 5.32 Å². The molecule has 1 fully saturated rings. The third-order valence-corrected chi connectivity index (χ3v) is 3.52. The van der Waals surface area contributed by atoms with Crippen molar-refractivity contribution in [2.24, 2.45) is 0 Å². The Morgan fingerprint density at radius 3 is 2.85 bits per heavy atom. The summed E-state index contributed by atoms with van der Waals surface area (Å²) in [5.41, 5.74) is 0.616. The summed E-state index contributed by atoms with van der Waals surface area (Å²) in [4.78, 5) is 25.3. The van der Waals surface area contributed by atoms with E-state index in [1.165, 1.54) is 17.0 Å². The van der Waals surface area contributed by atoms with Gasteiger partial charge in [0.1, 0.15) is 11.9 Å². The predicted molar refractivity (Wildman–Crippen MR) is 73.7 cm³/mol. The van der Waals surface area contributed by atoms with Crippen molar-refractivity contribution in [2.75, 3.05) is 6.54 Å². The SMILES string of the molecule is CCCC1NC(=O)CN(Cc2ccc(Cl)c(F)c2)C1=O. The van der Waals surface area contributed by atoms with E-state index >= 15 is 0 Å². The van der Waals surface area contributed by atoms with Gasteiger partial charge in [0.05, 0.1) is 11.6 Å². The van der Waals surface area contributed by atoms with E-state index in [1.54, 1.807) is 6.07 Å². The fourth-order valence-electron chi connectivity index (χ4n) is 2.25. The summed E-state index contributed by atoms with van der Waals surface area (Å²) < 4.78 is 13.4. The highest BCUT2D eigenvalue weighted by atomic mass is 35.5. The fourth-order valence-corrected chi connectivity index (χ4v) is 2.37. The van der Waals surface area contributed by atoms with Crippen LogP contribution in [0, 0.1) is 5.82 Å². The van der Waals surface area contributed by atoms with Crippen molar-refractivity contribution in [3.8, 4) is 0 Å². The molecule has 1 aliphatic rings. The molecule has 1 unspecified atom stereocenters. The van der Waals surface area contributed by atoms with Gasteiger partial charge in [-0.3, -0.25) is 9.59 Å². The zero-order valence-corrected chi connectivity index (χ0v) is 11.9. The van der Waals surface area contributed by atoms with Crippen molar-refractivity contribution in [2.45, 2.75) is 32.4 Å². The lowest BCUT2D eigenvalue weighted by Crippen LogP contribution is -2.57. The van der Waals surface area contributed by atoms with Crippen LogP contribution in [-0.4, -0.2) is 29.3 Å². The maximum atomic E-state index is 13.4. The number of nitrogens with zero attached hydrogens (tertiary/aromatic N) is 1. The number of hydrogen-bond donors (Lipinski definition) is 1. The van der Waals surface area contributed by atoms with Crippen LogP contribution in [0.1, 0.15) is 25.3 Å². The Morgan fingerprint density at radius 1 is 1.45 bits per heavy atom. The van der Waals surface area contributed by atoms with Crippen LogP contribution in [-0.2, 0) is 16.1 Å². The summed E-state index contributed by atoms with van der Waals surface area (Å²) in [7, 11) is 0. The first-order valence-corrected chi connectivity index (χ1v) is 6.91. The molecule has 0 spiro atoms. The molecule has 1 heterocycles. The zero-order valence-electron chi connectivity index (χ0n) is 11.2. The fraction of sp³-hybridized carbons (Fsp3) is 0.429. The highest BCUT2D eigenvalue weighted by Crippen LogP contribution is 2.18. The second-order valence-corrected chi connectivity index (χ2v) is 5.26. The normalized spacial score (nSPS) is 19.1. The van der Waals surface area contributed by atoms with Crippen LogP contribution in [0.4, 0.5) is 4.39 Å². The smallest absolute Gasteiger partial charge is 0.245 e. The standard InChI is InChI=1S/C14H16ClFN2O2/c1-2-3-12-14(20)18(8-13(19)17-12)7-9-4-5-10(15)11(16)6-9/h4-6,12H,2-3,7-8H2,1H3,(H,17,19). The van der Waals surface area contributed by atoms with Crippen molar-refractivity contribution in [1.29, 1.82) is 0 Å². The topological polar surface area (TPSA) is 49.4 Å². The van der Waals surface area contributed by atoms with E-state index < -0.39 is 11.9 Å². The van der Waals surface area contributed by atoms with Gasteiger partial charge in [-0.25, -0.2) is 4.39 Å². The van der Waals surface area contributed by atoms with Crippen LogP contribution in [0.3, 0.4) is 0 Å². The van der Waals surface area contributed by atoms with Gasteiger partial charge in [-0.2, -0.15) is 0 Å². The van der Waals surface area contributed by atoms with Crippen LogP contribution >= 0.6 is 11.6 Å². The molecule has 1 aromatic rings. The third kappa shape index (κ3) is 3.28. The zero-order chi connectivity index (χ0) is 14.7. The number of halogens is 2. The van der Waals surface area contributed by atoms with Crippen LogP contribution in [0.15, 0.2) is 18.2 Å². The first-order valence-electron chi connectivity index (χ1n) is 6.53. The van der Waals surface area contributed by atoms with Gasteiger partial charge in [-0.15, -0.1) is 0 Å².